The van der Waals surface area contributed by atoms with Crippen LogP contribution in [-0.4, -0.2) is 17.9 Å². The molecular weight excluding hydrogens is 264 g/mol. The fraction of sp³-hybridized carbons (Fsp3) is 0.538. The maximum absolute atomic E-state index is 11.7. The molecule has 0 aliphatic carbocycles. The van der Waals surface area contributed by atoms with Crippen LogP contribution >= 0.6 is 11.3 Å². The van der Waals surface area contributed by atoms with Crippen LogP contribution in [0.1, 0.15) is 48.5 Å². The van der Waals surface area contributed by atoms with E-state index in [2.05, 4.69) is 5.32 Å². The van der Waals surface area contributed by atoms with E-state index in [1.54, 1.807) is 0 Å². The molecule has 3 N–H and O–H groups in total. The smallest absolute Gasteiger partial charge is 0.251 e. The van der Waals surface area contributed by atoms with Gasteiger partial charge in [-0.3, -0.25) is 9.59 Å². The van der Waals surface area contributed by atoms with Crippen LogP contribution in [0.15, 0.2) is 0 Å². The number of primary amides is 1. The predicted octanol–water partition coefficient (Wildman–Crippen LogP) is 2.00. The third kappa shape index (κ3) is 2.37. The van der Waals surface area contributed by atoms with Gasteiger partial charge in [0.1, 0.15) is 5.00 Å². The standard InChI is InChI=1S/C13H18N2O3S/c1-12(2)5-7-8(10(14)17)11(15-6-16)19-9(7)13(3,4)18-12/h6H,5H2,1-4H3,(H2,14,17)(H,15,16). The Morgan fingerprint density at radius 2 is 2.05 bits per heavy atom. The van der Waals surface area contributed by atoms with Crippen LogP contribution in [0.4, 0.5) is 5.00 Å². The molecule has 0 bridgehead atoms. The van der Waals surface area contributed by atoms with Gasteiger partial charge in [0.2, 0.25) is 6.41 Å². The molecule has 2 amide bonds. The van der Waals surface area contributed by atoms with Crippen molar-refractivity contribution in [3.05, 3.63) is 16.0 Å². The van der Waals surface area contributed by atoms with E-state index in [9.17, 15) is 9.59 Å². The van der Waals surface area contributed by atoms with Crippen molar-refractivity contribution in [1.82, 2.24) is 0 Å². The van der Waals surface area contributed by atoms with Crippen LogP contribution in [0.2, 0.25) is 0 Å². The molecule has 6 heteroatoms. The molecule has 1 aromatic heterocycles. The Kier molecular flexibility index (Phi) is 3.18. The third-order valence-corrected chi connectivity index (χ3v) is 4.59. The normalized spacial score (nSPS) is 19.6. The minimum absolute atomic E-state index is 0.375. The number of anilines is 1. The van der Waals surface area contributed by atoms with Gasteiger partial charge in [0, 0.05) is 11.3 Å². The fourth-order valence-electron chi connectivity index (χ4n) is 2.73. The second-order valence-electron chi connectivity index (χ2n) is 5.79. The van der Waals surface area contributed by atoms with Gasteiger partial charge in [-0.05, 0) is 33.3 Å². The SMILES string of the molecule is CC1(C)Cc2c(sc(NC=O)c2C(N)=O)C(C)(C)O1. The summed E-state index contributed by atoms with van der Waals surface area (Å²) >= 11 is 1.35. The zero-order chi connectivity index (χ0) is 14.4. The summed E-state index contributed by atoms with van der Waals surface area (Å²) < 4.78 is 6.06. The summed E-state index contributed by atoms with van der Waals surface area (Å²) in [7, 11) is 0. The number of hydrogen-bond acceptors (Lipinski definition) is 4. The molecule has 2 heterocycles. The van der Waals surface area contributed by atoms with E-state index in [-0.39, 0.29) is 5.60 Å². The van der Waals surface area contributed by atoms with Crippen molar-refractivity contribution in [1.29, 1.82) is 0 Å². The molecule has 0 aromatic carbocycles. The molecule has 1 aliphatic rings. The summed E-state index contributed by atoms with van der Waals surface area (Å²) in [4.78, 5) is 23.3. The largest absolute Gasteiger partial charge is 0.365 e. The number of ether oxygens (including phenoxy) is 1. The molecule has 104 valence electrons. The quantitative estimate of drug-likeness (QED) is 0.832. The van der Waals surface area contributed by atoms with Crippen molar-refractivity contribution < 1.29 is 14.3 Å². The highest BCUT2D eigenvalue weighted by Crippen LogP contribution is 2.47. The molecule has 0 atom stereocenters. The van der Waals surface area contributed by atoms with Crippen LogP contribution in [0.25, 0.3) is 0 Å². The second-order valence-corrected chi connectivity index (χ2v) is 6.81. The van der Waals surface area contributed by atoms with Gasteiger partial charge in [-0.1, -0.05) is 0 Å². The topological polar surface area (TPSA) is 81.4 Å². The Balaban J connectivity index is 2.66. The summed E-state index contributed by atoms with van der Waals surface area (Å²) in [6.45, 7) is 7.87. The van der Waals surface area contributed by atoms with Crippen LogP contribution < -0.4 is 11.1 Å². The zero-order valence-electron chi connectivity index (χ0n) is 11.5. The van der Waals surface area contributed by atoms with Gasteiger partial charge in [0.05, 0.1) is 16.8 Å². The van der Waals surface area contributed by atoms with Gasteiger partial charge in [-0.15, -0.1) is 11.3 Å². The van der Waals surface area contributed by atoms with Crippen LogP contribution in [0, 0.1) is 0 Å². The maximum atomic E-state index is 11.7. The summed E-state index contributed by atoms with van der Waals surface area (Å²) in [5.41, 5.74) is 5.89. The minimum Gasteiger partial charge on any atom is -0.365 e. The van der Waals surface area contributed by atoms with E-state index >= 15 is 0 Å². The minimum atomic E-state index is -0.518. The molecule has 5 nitrogen and oxygen atoms in total. The van der Waals surface area contributed by atoms with Crippen LogP contribution in [0.3, 0.4) is 0 Å². The highest BCUT2D eigenvalue weighted by molar-refractivity contribution is 7.17. The highest BCUT2D eigenvalue weighted by atomic mass is 32.1. The third-order valence-electron chi connectivity index (χ3n) is 3.12. The van der Waals surface area contributed by atoms with Gasteiger partial charge in [0.15, 0.2) is 0 Å². The van der Waals surface area contributed by atoms with E-state index < -0.39 is 11.5 Å². The zero-order valence-corrected chi connectivity index (χ0v) is 12.3. The Labute approximate surface area is 116 Å². The lowest BCUT2D eigenvalue weighted by Gasteiger charge is -2.41. The Morgan fingerprint density at radius 3 is 2.58 bits per heavy atom. The molecule has 2 rings (SSSR count). The Morgan fingerprint density at radius 1 is 1.42 bits per heavy atom. The summed E-state index contributed by atoms with van der Waals surface area (Å²) in [5.74, 6) is -0.518. The van der Waals surface area contributed by atoms with E-state index in [0.29, 0.717) is 23.4 Å². The van der Waals surface area contributed by atoms with Crippen LogP contribution in [0.5, 0.6) is 0 Å². The van der Waals surface area contributed by atoms with Crippen molar-refractivity contribution in [2.24, 2.45) is 5.73 Å². The summed E-state index contributed by atoms with van der Waals surface area (Å²) in [6.07, 6.45) is 1.16. The number of rotatable bonds is 3. The van der Waals surface area contributed by atoms with E-state index in [4.69, 9.17) is 10.5 Å². The fourth-order valence-corrected chi connectivity index (χ4v) is 3.96. The number of nitrogens with two attached hydrogens (primary N) is 1. The summed E-state index contributed by atoms with van der Waals surface area (Å²) in [5, 5.41) is 3.06. The molecule has 19 heavy (non-hydrogen) atoms. The van der Waals surface area contributed by atoms with Gasteiger partial charge in [-0.25, -0.2) is 0 Å². The van der Waals surface area contributed by atoms with Crippen molar-refractivity contribution >= 4 is 28.7 Å². The lowest BCUT2D eigenvalue weighted by Crippen LogP contribution is -2.42. The molecule has 0 saturated carbocycles. The number of hydrogen-bond donors (Lipinski definition) is 2. The summed E-state index contributed by atoms with van der Waals surface area (Å²) in [6, 6.07) is 0. The number of thiophene rings is 1. The molecule has 0 unspecified atom stereocenters. The molecule has 1 aliphatic heterocycles. The lowest BCUT2D eigenvalue weighted by molar-refractivity contribution is -0.135. The Hall–Kier alpha value is -1.40. The first kappa shape index (κ1) is 14.0. The van der Waals surface area contributed by atoms with Gasteiger partial charge in [-0.2, -0.15) is 0 Å². The van der Waals surface area contributed by atoms with Crippen molar-refractivity contribution in [2.75, 3.05) is 5.32 Å². The molecule has 1 aromatic rings. The number of carbonyl (C=O) groups excluding carboxylic acids is 2. The number of nitrogens with one attached hydrogen (secondary N) is 1. The molecule has 0 radical (unpaired) electrons. The van der Waals surface area contributed by atoms with Crippen molar-refractivity contribution in [3.63, 3.8) is 0 Å². The molecule has 0 fully saturated rings. The average Bonchev–Trinajstić information content (AvgIpc) is 2.54. The second kappa shape index (κ2) is 4.31. The molecule has 0 spiro atoms. The van der Waals surface area contributed by atoms with E-state index in [0.717, 1.165) is 10.4 Å². The van der Waals surface area contributed by atoms with Crippen molar-refractivity contribution in [2.45, 2.75) is 45.3 Å². The average molecular weight is 282 g/mol. The first-order chi connectivity index (χ1) is 8.68. The van der Waals surface area contributed by atoms with Crippen molar-refractivity contribution in [3.8, 4) is 0 Å². The monoisotopic (exact) mass is 282 g/mol. The maximum Gasteiger partial charge on any atom is 0.251 e. The van der Waals surface area contributed by atoms with Gasteiger partial charge in [0.25, 0.3) is 5.91 Å². The van der Waals surface area contributed by atoms with E-state index in [1.165, 1.54) is 11.3 Å². The molecule has 0 saturated heterocycles. The first-order valence-corrected chi connectivity index (χ1v) is 6.86. The highest BCUT2D eigenvalue weighted by Gasteiger charge is 2.42. The Bertz CT molecular complexity index is 546. The van der Waals surface area contributed by atoms with Crippen LogP contribution in [-0.2, 0) is 21.6 Å². The predicted molar refractivity (Wildman–Crippen MR) is 74.4 cm³/mol. The van der Waals surface area contributed by atoms with E-state index in [1.807, 2.05) is 27.7 Å². The van der Waals surface area contributed by atoms with Gasteiger partial charge < -0.3 is 15.8 Å². The lowest BCUT2D eigenvalue weighted by atomic mass is 9.86. The first-order valence-electron chi connectivity index (χ1n) is 6.04. The number of fused-ring (bicyclic) bond motifs is 1. The molecular formula is C13H18N2O3S. The number of carbonyl (C=O) groups is 2. The number of amides is 2. The van der Waals surface area contributed by atoms with Gasteiger partial charge >= 0.3 is 0 Å².